The van der Waals surface area contributed by atoms with Crippen LogP contribution in [0.15, 0.2) is 42.7 Å². The molecule has 2 rings (SSSR count). The Kier molecular flexibility index (Phi) is 6.61. The molecule has 2 aromatic rings. The molecule has 1 heterocycles. The van der Waals surface area contributed by atoms with E-state index in [4.69, 9.17) is 4.74 Å². The molecule has 0 fully saturated rings. The number of pyridine rings is 1. The van der Waals surface area contributed by atoms with Gasteiger partial charge in [0, 0.05) is 25.5 Å². The summed E-state index contributed by atoms with van der Waals surface area (Å²) in [7, 11) is 0. The van der Waals surface area contributed by atoms with Gasteiger partial charge in [-0.3, -0.25) is 4.98 Å². The molecule has 5 nitrogen and oxygen atoms in total. The number of urea groups is 1. The van der Waals surface area contributed by atoms with Crippen LogP contribution in [0.4, 0.5) is 4.79 Å². The summed E-state index contributed by atoms with van der Waals surface area (Å²) < 4.78 is 5.60. The van der Waals surface area contributed by atoms with Gasteiger partial charge in [-0.2, -0.15) is 0 Å². The number of ether oxygens (including phenoxy) is 1. The fourth-order valence-corrected chi connectivity index (χ4v) is 2.31. The largest absolute Gasteiger partial charge is 0.473 e. The molecule has 0 aliphatic carbocycles. The van der Waals surface area contributed by atoms with E-state index in [9.17, 15) is 4.79 Å². The highest BCUT2D eigenvalue weighted by molar-refractivity contribution is 5.74. The minimum absolute atomic E-state index is 0.115. The second kappa shape index (κ2) is 8.91. The van der Waals surface area contributed by atoms with Crippen molar-refractivity contribution in [1.29, 1.82) is 0 Å². The van der Waals surface area contributed by atoms with Gasteiger partial charge in [0.2, 0.25) is 0 Å². The molecule has 0 saturated carbocycles. The molecule has 0 radical (unpaired) electrons. The maximum absolute atomic E-state index is 12.2. The van der Waals surface area contributed by atoms with Crippen molar-refractivity contribution in [3.8, 4) is 5.75 Å². The molecule has 24 heavy (non-hydrogen) atoms. The first-order valence-corrected chi connectivity index (χ1v) is 8.22. The average Bonchev–Trinajstić information content (AvgIpc) is 2.59. The molecule has 1 N–H and O–H groups in total. The molecule has 5 heteroatoms. The highest BCUT2D eigenvalue weighted by atomic mass is 16.5. The number of amides is 2. The van der Waals surface area contributed by atoms with Crippen LogP contribution in [-0.2, 0) is 6.42 Å². The smallest absolute Gasteiger partial charge is 0.320 e. The molecular formula is C19H25N3O2. The Morgan fingerprint density at radius 1 is 1.17 bits per heavy atom. The van der Waals surface area contributed by atoms with E-state index < -0.39 is 0 Å². The van der Waals surface area contributed by atoms with Crippen LogP contribution in [-0.4, -0.2) is 35.7 Å². The molecule has 1 aromatic heterocycles. The van der Waals surface area contributed by atoms with E-state index in [1.807, 2.05) is 44.2 Å². The summed E-state index contributed by atoms with van der Waals surface area (Å²) >= 11 is 0. The van der Waals surface area contributed by atoms with Crippen LogP contribution in [0.2, 0.25) is 0 Å². The highest BCUT2D eigenvalue weighted by Crippen LogP contribution is 2.15. The van der Waals surface area contributed by atoms with Crippen LogP contribution in [0.1, 0.15) is 23.6 Å². The first-order chi connectivity index (χ1) is 11.6. The number of carbonyl (C=O) groups is 1. The fraction of sp³-hybridized carbons (Fsp3) is 0.368. The zero-order valence-electron chi connectivity index (χ0n) is 14.6. The molecule has 0 spiro atoms. The van der Waals surface area contributed by atoms with Crippen LogP contribution in [0.5, 0.6) is 5.75 Å². The molecule has 0 bridgehead atoms. The number of hydrogen-bond donors (Lipinski definition) is 1. The van der Waals surface area contributed by atoms with Gasteiger partial charge in [-0.25, -0.2) is 4.79 Å². The number of hydrogen-bond acceptors (Lipinski definition) is 3. The van der Waals surface area contributed by atoms with E-state index in [1.165, 1.54) is 16.7 Å². The number of aromatic nitrogens is 1. The monoisotopic (exact) mass is 327 g/mol. The second-order valence-electron chi connectivity index (χ2n) is 5.70. The van der Waals surface area contributed by atoms with Gasteiger partial charge in [-0.1, -0.05) is 6.07 Å². The van der Waals surface area contributed by atoms with Crippen molar-refractivity contribution in [2.45, 2.75) is 27.2 Å². The standard InChI is InChI=1S/C19H25N3O2/c1-4-22(12-9-17-7-10-20-11-8-17)19(23)21-14-24-18-6-5-15(2)16(3)13-18/h5-8,10-11,13H,4,9,12,14H2,1-3H3,(H,21,23). The topological polar surface area (TPSA) is 54.5 Å². The van der Waals surface area contributed by atoms with E-state index in [0.29, 0.717) is 13.1 Å². The van der Waals surface area contributed by atoms with Crippen molar-refractivity contribution in [3.05, 3.63) is 59.4 Å². The zero-order valence-corrected chi connectivity index (χ0v) is 14.6. The minimum atomic E-state index is -0.115. The predicted molar refractivity (Wildman–Crippen MR) is 95.1 cm³/mol. The third-order valence-corrected chi connectivity index (χ3v) is 4.03. The molecule has 1 aromatic carbocycles. The van der Waals surface area contributed by atoms with E-state index in [1.54, 1.807) is 17.3 Å². The van der Waals surface area contributed by atoms with Crippen molar-refractivity contribution in [2.24, 2.45) is 0 Å². The molecule has 0 saturated heterocycles. The Morgan fingerprint density at radius 3 is 2.58 bits per heavy atom. The lowest BCUT2D eigenvalue weighted by Gasteiger charge is -2.21. The maximum Gasteiger partial charge on any atom is 0.320 e. The van der Waals surface area contributed by atoms with Gasteiger partial charge in [-0.05, 0) is 68.1 Å². The van der Waals surface area contributed by atoms with Gasteiger partial charge in [0.05, 0.1) is 0 Å². The third kappa shape index (κ3) is 5.26. The molecule has 0 atom stereocenters. The second-order valence-corrected chi connectivity index (χ2v) is 5.70. The Bertz CT molecular complexity index is 659. The SMILES string of the molecule is CCN(CCc1ccncc1)C(=O)NCOc1ccc(C)c(C)c1. The van der Waals surface area contributed by atoms with E-state index in [2.05, 4.69) is 17.2 Å². The lowest BCUT2D eigenvalue weighted by atomic mass is 10.1. The number of nitrogens with zero attached hydrogens (tertiary/aromatic N) is 2. The van der Waals surface area contributed by atoms with Crippen LogP contribution < -0.4 is 10.1 Å². The Labute approximate surface area is 143 Å². The van der Waals surface area contributed by atoms with Crippen LogP contribution in [0.25, 0.3) is 0 Å². The van der Waals surface area contributed by atoms with Crippen LogP contribution in [0, 0.1) is 13.8 Å². The highest BCUT2D eigenvalue weighted by Gasteiger charge is 2.11. The van der Waals surface area contributed by atoms with Gasteiger partial charge < -0.3 is 15.0 Å². The van der Waals surface area contributed by atoms with Gasteiger partial charge in [0.25, 0.3) is 0 Å². The van der Waals surface area contributed by atoms with Crippen molar-refractivity contribution >= 4 is 6.03 Å². The third-order valence-electron chi connectivity index (χ3n) is 4.03. The van der Waals surface area contributed by atoms with Gasteiger partial charge in [0.1, 0.15) is 5.75 Å². The van der Waals surface area contributed by atoms with Crippen molar-refractivity contribution in [1.82, 2.24) is 15.2 Å². The Morgan fingerprint density at radius 2 is 1.92 bits per heavy atom. The summed E-state index contributed by atoms with van der Waals surface area (Å²) in [5.41, 5.74) is 3.56. The number of carbonyl (C=O) groups excluding carboxylic acids is 1. The lowest BCUT2D eigenvalue weighted by Crippen LogP contribution is -2.42. The summed E-state index contributed by atoms with van der Waals surface area (Å²) in [5, 5.41) is 2.80. The Hall–Kier alpha value is -2.56. The van der Waals surface area contributed by atoms with Crippen LogP contribution >= 0.6 is 0 Å². The first kappa shape index (κ1) is 17.8. The number of aryl methyl sites for hydroxylation is 2. The van der Waals surface area contributed by atoms with Crippen LogP contribution in [0.3, 0.4) is 0 Å². The van der Waals surface area contributed by atoms with Crippen molar-refractivity contribution in [3.63, 3.8) is 0 Å². The quantitative estimate of drug-likeness (QED) is 0.794. The summed E-state index contributed by atoms with van der Waals surface area (Å²) in [5.74, 6) is 0.762. The zero-order chi connectivity index (χ0) is 17.4. The Balaban J connectivity index is 1.78. The molecule has 128 valence electrons. The van der Waals surface area contributed by atoms with Gasteiger partial charge in [-0.15, -0.1) is 0 Å². The number of likely N-dealkylation sites (N-methyl/N-ethyl adjacent to an activating group) is 1. The fourth-order valence-electron chi connectivity index (χ4n) is 2.31. The van der Waals surface area contributed by atoms with Crippen molar-refractivity contribution in [2.75, 3.05) is 19.8 Å². The molecule has 0 aliphatic rings. The minimum Gasteiger partial charge on any atom is -0.473 e. The van der Waals surface area contributed by atoms with E-state index in [-0.39, 0.29) is 12.8 Å². The first-order valence-electron chi connectivity index (χ1n) is 8.22. The molecule has 2 amide bonds. The summed E-state index contributed by atoms with van der Waals surface area (Å²) in [6.45, 7) is 7.54. The predicted octanol–water partition coefficient (Wildman–Crippen LogP) is 3.31. The summed E-state index contributed by atoms with van der Waals surface area (Å²) in [6, 6.07) is 9.72. The summed E-state index contributed by atoms with van der Waals surface area (Å²) in [4.78, 5) is 18.0. The lowest BCUT2D eigenvalue weighted by molar-refractivity contribution is 0.187. The molecule has 0 unspecified atom stereocenters. The normalized spacial score (nSPS) is 10.3. The van der Waals surface area contributed by atoms with Gasteiger partial charge in [0.15, 0.2) is 6.73 Å². The summed E-state index contributed by atoms with van der Waals surface area (Å²) in [6.07, 6.45) is 4.34. The van der Waals surface area contributed by atoms with Crippen molar-refractivity contribution < 1.29 is 9.53 Å². The van der Waals surface area contributed by atoms with E-state index >= 15 is 0 Å². The van der Waals surface area contributed by atoms with E-state index in [0.717, 1.165) is 12.2 Å². The number of rotatable bonds is 7. The molecular weight excluding hydrogens is 302 g/mol. The van der Waals surface area contributed by atoms with Gasteiger partial charge >= 0.3 is 6.03 Å². The average molecular weight is 327 g/mol. The number of benzene rings is 1. The maximum atomic E-state index is 12.2. The molecule has 0 aliphatic heterocycles. The number of nitrogens with one attached hydrogen (secondary N) is 1.